The van der Waals surface area contributed by atoms with E-state index in [0.717, 1.165) is 22.0 Å². The van der Waals surface area contributed by atoms with Crippen molar-refractivity contribution in [1.82, 2.24) is 19.9 Å². The number of thiophene rings is 1. The summed E-state index contributed by atoms with van der Waals surface area (Å²) in [7, 11) is 1.64. The Labute approximate surface area is 162 Å². The van der Waals surface area contributed by atoms with Gasteiger partial charge in [-0.3, -0.25) is 0 Å². The molecular formula is C17H15N5OS3. The lowest BCUT2D eigenvalue weighted by molar-refractivity contribution is 0.415. The second-order valence-electron chi connectivity index (χ2n) is 5.35. The predicted octanol–water partition coefficient (Wildman–Crippen LogP) is 4.14. The summed E-state index contributed by atoms with van der Waals surface area (Å²) in [5.74, 6) is 8.27. The fourth-order valence-electron chi connectivity index (χ4n) is 2.34. The molecular weight excluding hydrogens is 386 g/mol. The second kappa shape index (κ2) is 7.48. The molecule has 0 aliphatic heterocycles. The topological polar surface area (TPSA) is 78.9 Å². The molecule has 3 heterocycles. The molecule has 0 amide bonds. The van der Waals surface area contributed by atoms with Gasteiger partial charge in [-0.2, -0.15) is 11.3 Å². The molecule has 0 fully saturated rings. The van der Waals surface area contributed by atoms with Crippen molar-refractivity contribution >= 4 is 34.4 Å². The first-order chi connectivity index (χ1) is 12.7. The summed E-state index contributed by atoms with van der Waals surface area (Å²) in [6.07, 6.45) is 0. The summed E-state index contributed by atoms with van der Waals surface area (Å²) in [6, 6.07) is 9.65. The Balaban J connectivity index is 1.46. The van der Waals surface area contributed by atoms with Crippen molar-refractivity contribution < 1.29 is 4.74 Å². The molecule has 0 radical (unpaired) electrons. The van der Waals surface area contributed by atoms with Crippen LogP contribution in [0.2, 0.25) is 0 Å². The van der Waals surface area contributed by atoms with Crippen molar-refractivity contribution in [2.24, 2.45) is 0 Å². The summed E-state index contributed by atoms with van der Waals surface area (Å²) in [4.78, 5) is 4.67. The summed E-state index contributed by atoms with van der Waals surface area (Å²) in [5.41, 5.74) is 3.07. The average Bonchev–Trinajstić information content (AvgIpc) is 3.41. The van der Waals surface area contributed by atoms with E-state index >= 15 is 0 Å². The minimum absolute atomic E-state index is 0.618. The van der Waals surface area contributed by atoms with Crippen LogP contribution in [0.5, 0.6) is 5.75 Å². The fourth-order valence-corrected chi connectivity index (χ4v) is 4.73. The molecule has 6 nitrogen and oxygen atoms in total. The van der Waals surface area contributed by atoms with Gasteiger partial charge in [-0.1, -0.05) is 11.8 Å². The Morgan fingerprint density at radius 3 is 2.69 bits per heavy atom. The van der Waals surface area contributed by atoms with E-state index < -0.39 is 0 Å². The first kappa shape index (κ1) is 17.1. The number of hydrogen-bond acceptors (Lipinski definition) is 8. The van der Waals surface area contributed by atoms with Crippen LogP contribution in [-0.2, 0) is 5.75 Å². The molecule has 0 unspecified atom stereocenters. The summed E-state index contributed by atoms with van der Waals surface area (Å²) < 4.78 is 6.69. The van der Waals surface area contributed by atoms with Gasteiger partial charge in [-0.05, 0) is 35.7 Å². The number of nitrogens with two attached hydrogens (primary N) is 1. The molecule has 9 heteroatoms. The van der Waals surface area contributed by atoms with Gasteiger partial charge in [0.2, 0.25) is 5.16 Å². The molecule has 4 aromatic rings. The van der Waals surface area contributed by atoms with Gasteiger partial charge in [0.05, 0.1) is 12.8 Å². The van der Waals surface area contributed by atoms with Gasteiger partial charge < -0.3 is 10.6 Å². The Hall–Kier alpha value is -2.36. The highest BCUT2D eigenvalue weighted by atomic mass is 32.2. The van der Waals surface area contributed by atoms with Crippen molar-refractivity contribution in [3.8, 4) is 27.7 Å². The van der Waals surface area contributed by atoms with Crippen molar-refractivity contribution in [3.63, 3.8) is 0 Å². The molecule has 2 N–H and O–H groups in total. The van der Waals surface area contributed by atoms with Crippen LogP contribution in [0.25, 0.3) is 22.0 Å². The third-order valence-corrected chi connectivity index (χ3v) is 6.28. The highest BCUT2D eigenvalue weighted by Gasteiger charge is 2.13. The summed E-state index contributed by atoms with van der Waals surface area (Å²) >= 11 is 4.84. The van der Waals surface area contributed by atoms with Gasteiger partial charge in [-0.15, -0.1) is 21.5 Å². The molecule has 0 bridgehead atoms. The molecule has 3 aromatic heterocycles. The van der Waals surface area contributed by atoms with Crippen LogP contribution < -0.4 is 10.6 Å². The van der Waals surface area contributed by atoms with Crippen molar-refractivity contribution in [1.29, 1.82) is 0 Å². The number of rotatable bonds is 6. The van der Waals surface area contributed by atoms with Gasteiger partial charge in [0.25, 0.3) is 0 Å². The molecule has 0 spiro atoms. The highest BCUT2D eigenvalue weighted by Crippen LogP contribution is 2.29. The number of thioether (sulfide) groups is 1. The van der Waals surface area contributed by atoms with Crippen molar-refractivity contribution in [2.75, 3.05) is 13.0 Å². The van der Waals surface area contributed by atoms with E-state index in [4.69, 9.17) is 10.6 Å². The highest BCUT2D eigenvalue weighted by molar-refractivity contribution is 7.98. The molecule has 1 aromatic carbocycles. The van der Waals surface area contributed by atoms with Crippen molar-refractivity contribution in [2.45, 2.75) is 10.9 Å². The average molecular weight is 402 g/mol. The molecule has 132 valence electrons. The van der Waals surface area contributed by atoms with Crippen molar-refractivity contribution in [3.05, 3.63) is 52.2 Å². The number of ether oxygens (including phenoxy) is 1. The molecule has 0 saturated heterocycles. The zero-order valence-electron chi connectivity index (χ0n) is 13.8. The van der Waals surface area contributed by atoms with Crippen LogP contribution in [0.15, 0.2) is 51.6 Å². The molecule has 4 rings (SSSR count). The monoisotopic (exact) mass is 401 g/mol. The van der Waals surface area contributed by atoms with E-state index in [1.54, 1.807) is 29.8 Å². The maximum atomic E-state index is 6.18. The Bertz CT molecular complexity index is 992. The standard InChI is InChI=1S/C17H15N5OS3/c1-23-14-4-2-11(3-5-14)15-20-21-17(22(15)18)26-10-13-9-25-16(19-13)12-6-7-24-8-12/h2-9H,10,18H2,1H3. The number of hydrogen-bond donors (Lipinski definition) is 1. The smallest absolute Gasteiger partial charge is 0.210 e. The second-order valence-corrected chi connectivity index (χ2v) is 7.93. The first-order valence-corrected chi connectivity index (χ1v) is 10.5. The quantitative estimate of drug-likeness (QED) is 0.386. The van der Waals surface area contributed by atoms with E-state index in [2.05, 4.69) is 37.4 Å². The van der Waals surface area contributed by atoms with Crippen LogP contribution in [0.4, 0.5) is 0 Å². The largest absolute Gasteiger partial charge is 0.497 e. The van der Waals surface area contributed by atoms with Gasteiger partial charge in [-0.25, -0.2) is 9.66 Å². The number of nitrogen functional groups attached to an aromatic ring is 1. The lowest BCUT2D eigenvalue weighted by Crippen LogP contribution is -2.11. The zero-order chi connectivity index (χ0) is 17.9. The number of benzene rings is 1. The third-order valence-electron chi connectivity index (χ3n) is 3.68. The Morgan fingerprint density at radius 1 is 1.12 bits per heavy atom. The van der Waals surface area contributed by atoms with Gasteiger partial charge in [0.15, 0.2) is 5.82 Å². The summed E-state index contributed by atoms with van der Waals surface area (Å²) in [5, 5.41) is 16.3. The maximum Gasteiger partial charge on any atom is 0.210 e. The van der Waals surface area contributed by atoms with E-state index in [-0.39, 0.29) is 0 Å². The minimum atomic E-state index is 0.618. The number of thiazole rings is 1. The van der Waals surface area contributed by atoms with Crippen LogP contribution in [0.1, 0.15) is 5.69 Å². The molecule has 0 aliphatic rings. The predicted molar refractivity (Wildman–Crippen MR) is 107 cm³/mol. The molecule has 0 saturated carbocycles. The number of nitrogens with zero attached hydrogens (tertiary/aromatic N) is 4. The molecule has 26 heavy (non-hydrogen) atoms. The van der Waals surface area contributed by atoms with Gasteiger partial charge in [0, 0.05) is 27.6 Å². The molecule has 0 atom stereocenters. The molecule has 0 aliphatic carbocycles. The van der Waals surface area contributed by atoms with Crippen LogP contribution in [0, 0.1) is 0 Å². The number of methoxy groups -OCH3 is 1. The normalized spacial score (nSPS) is 11.0. The number of aromatic nitrogens is 4. The zero-order valence-corrected chi connectivity index (χ0v) is 16.3. The summed E-state index contributed by atoms with van der Waals surface area (Å²) in [6.45, 7) is 0. The lowest BCUT2D eigenvalue weighted by Gasteiger charge is -2.04. The first-order valence-electron chi connectivity index (χ1n) is 7.69. The Kier molecular flexibility index (Phi) is 4.91. The maximum absolute atomic E-state index is 6.18. The van der Waals surface area contributed by atoms with E-state index in [0.29, 0.717) is 16.7 Å². The minimum Gasteiger partial charge on any atom is -0.497 e. The Morgan fingerprint density at radius 2 is 1.96 bits per heavy atom. The van der Waals surface area contributed by atoms with Gasteiger partial charge >= 0.3 is 0 Å². The fraction of sp³-hybridized carbons (Fsp3) is 0.118. The van der Waals surface area contributed by atoms with E-state index in [1.165, 1.54) is 22.0 Å². The SMILES string of the molecule is COc1ccc(-c2nnc(SCc3csc(-c4ccsc4)n3)n2N)cc1. The van der Waals surface area contributed by atoms with E-state index in [9.17, 15) is 0 Å². The lowest BCUT2D eigenvalue weighted by atomic mass is 10.2. The van der Waals surface area contributed by atoms with Gasteiger partial charge in [0.1, 0.15) is 10.8 Å². The van der Waals surface area contributed by atoms with E-state index in [1.807, 2.05) is 24.3 Å². The third kappa shape index (κ3) is 3.46. The van der Waals surface area contributed by atoms with Crippen LogP contribution in [-0.4, -0.2) is 27.0 Å². The van der Waals surface area contributed by atoms with Crippen LogP contribution >= 0.6 is 34.4 Å². The van der Waals surface area contributed by atoms with Crippen LogP contribution in [0.3, 0.4) is 0 Å².